The number of piperazine rings is 1. The van der Waals surface area contributed by atoms with E-state index in [2.05, 4.69) is 78.1 Å². The Labute approximate surface area is 222 Å². The number of rotatable bonds is 6. The lowest BCUT2D eigenvalue weighted by molar-refractivity contribution is 0.209. The lowest BCUT2D eigenvalue weighted by Crippen LogP contribution is -2.48. The number of aromatic nitrogens is 5. The van der Waals surface area contributed by atoms with Gasteiger partial charge in [-0.3, -0.25) is 14.9 Å². The summed E-state index contributed by atoms with van der Waals surface area (Å²) in [5.41, 5.74) is 7.62. The minimum absolute atomic E-state index is 0.597. The quantitative estimate of drug-likeness (QED) is 0.308. The molecule has 6 rings (SSSR count). The molecule has 1 fully saturated rings. The number of imidazole rings is 1. The van der Waals surface area contributed by atoms with Gasteiger partial charge in [0.1, 0.15) is 5.82 Å². The summed E-state index contributed by atoms with van der Waals surface area (Å²) >= 11 is 0. The molecule has 5 heterocycles. The van der Waals surface area contributed by atoms with Crippen molar-refractivity contribution >= 4 is 28.1 Å². The van der Waals surface area contributed by atoms with Crippen LogP contribution >= 0.6 is 0 Å². The number of nitrogens with zero attached hydrogens (tertiary/aromatic N) is 6. The number of nitrogens with one attached hydrogen (secondary N) is 2. The largest absolute Gasteiger partial charge is 0.368 e. The van der Waals surface area contributed by atoms with Crippen LogP contribution in [0.15, 0.2) is 73.3 Å². The van der Waals surface area contributed by atoms with Crippen LogP contribution in [0, 0.1) is 6.92 Å². The highest BCUT2D eigenvalue weighted by Crippen LogP contribution is 2.31. The van der Waals surface area contributed by atoms with Gasteiger partial charge in [-0.25, -0.2) is 9.97 Å². The van der Waals surface area contributed by atoms with E-state index in [4.69, 9.17) is 0 Å². The number of benzene rings is 1. The molecule has 8 heteroatoms. The Morgan fingerprint density at radius 2 is 1.76 bits per heavy atom. The second-order valence-electron chi connectivity index (χ2n) is 10.1. The number of aryl methyl sites for hydroxylation is 1. The third-order valence-electron chi connectivity index (χ3n) is 7.17. The fourth-order valence-corrected chi connectivity index (χ4v) is 5.03. The van der Waals surface area contributed by atoms with Crippen LogP contribution in [0.4, 0.5) is 17.2 Å². The van der Waals surface area contributed by atoms with E-state index in [0.717, 1.165) is 82.6 Å². The van der Waals surface area contributed by atoms with Gasteiger partial charge in [-0.1, -0.05) is 12.1 Å². The predicted octanol–water partition coefficient (Wildman–Crippen LogP) is 5.66. The first-order valence-corrected chi connectivity index (χ1v) is 13.1. The van der Waals surface area contributed by atoms with Gasteiger partial charge in [-0.05, 0) is 63.2 Å². The van der Waals surface area contributed by atoms with Crippen molar-refractivity contribution in [2.75, 3.05) is 36.4 Å². The maximum atomic E-state index is 4.68. The standard InChI is InChI=1S/C30H32N8/c1-20(2)37-11-13-38(14-12-37)25-8-10-28(32-18-25)36-24-16-23-15-22(7-9-26(23)31-17-24)29-30(34-19-33-29)27-6-4-5-21(3)35-27/h4-10,15-20H,11-14H2,1-3H3,(H,32,36)(H,33,34). The highest BCUT2D eigenvalue weighted by atomic mass is 15.3. The van der Waals surface area contributed by atoms with Gasteiger partial charge in [0, 0.05) is 48.9 Å². The normalized spacial score (nSPS) is 14.4. The number of hydrogen-bond acceptors (Lipinski definition) is 7. The van der Waals surface area contributed by atoms with Gasteiger partial charge < -0.3 is 15.2 Å². The van der Waals surface area contributed by atoms with Crippen molar-refractivity contribution in [3.05, 3.63) is 79.0 Å². The fourth-order valence-electron chi connectivity index (χ4n) is 5.03. The molecule has 1 saturated heterocycles. The number of fused-ring (bicyclic) bond motifs is 1. The van der Waals surface area contributed by atoms with Crippen molar-refractivity contribution in [1.29, 1.82) is 0 Å². The predicted molar refractivity (Wildman–Crippen MR) is 154 cm³/mol. The Hall–Kier alpha value is -4.30. The molecule has 192 valence electrons. The maximum absolute atomic E-state index is 4.68. The topological polar surface area (TPSA) is 85.9 Å². The molecule has 0 bridgehead atoms. The zero-order chi connectivity index (χ0) is 26.1. The van der Waals surface area contributed by atoms with Crippen LogP contribution in [0.2, 0.25) is 0 Å². The Kier molecular flexibility index (Phi) is 6.47. The van der Waals surface area contributed by atoms with Crippen LogP contribution in [-0.2, 0) is 0 Å². The van der Waals surface area contributed by atoms with Crippen molar-refractivity contribution in [1.82, 2.24) is 29.8 Å². The number of aromatic amines is 1. The summed E-state index contributed by atoms with van der Waals surface area (Å²) in [5, 5.41) is 4.44. The van der Waals surface area contributed by atoms with Crippen LogP contribution in [-0.4, -0.2) is 62.0 Å². The Balaban J connectivity index is 1.20. The summed E-state index contributed by atoms with van der Waals surface area (Å²) in [6, 6.07) is 19.1. The van der Waals surface area contributed by atoms with Crippen LogP contribution in [0.5, 0.6) is 0 Å². The Bertz CT molecular complexity index is 1550. The van der Waals surface area contributed by atoms with Gasteiger partial charge in [0.05, 0.1) is 52.7 Å². The van der Waals surface area contributed by atoms with Crippen molar-refractivity contribution < 1.29 is 0 Å². The van der Waals surface area contributed by atoms with Crippen LogP contribution in [0.1, 0.15) is 19.5 Å². The summed E-state index contributed by atoms with van der Waals surface area (Å²) in [4.78, 5) is 26.8. The summed E-state index contributed by atoms with van der Waals surface area (Å²) in [6.07, 6.45) is 5.52. The number of anilines is 3. The molecule has 5 aromatic rings. The maximum Gasteiger partial charge on any atom is 0.130 e. The monoisotopic (exact) mass is 504 g/mol. The smallest absolute Gasteiger partial charge is 0.130 e. The summed E-state index contributed by atoms with van der Waals surface area (Å²) < 4.78 is 0. The molecule has 2 N–H and O–H groups in total. The van der Waals surface area contributed by atoms with E-state index in [-0.39, 0.29) is 0 Å². The lowest BCUT2D eigenvalue weighted by Gasteiger charge is -2.38. The van der Waals surface area contributed by atoms with E-state index < -0.39 is 0 Å². The van der Waals surface area contributed by atoms with Crippen LogP contribution < -0.4 is 10.2 Å². The van der Waals surface area contributed by atoms with E-state index in [1.165, 1.54) is 0 Å². The van der Waals surface area contributed by atoms with Crippen molar-refractivity contribution in [2.45, 2.75) is 26.8 Å². The molecular weight excluding hydrogens is 472 g/mol. The number of H-pyrrole nitrogens is 1. The zero-order valence-corrected chi connectivity index (χ0v) is 22.0. The zero-order valence-electron chi connectivity index (χ0n) is 22.0. The molecule has 0 spiro atoms. The van der Waals surface area contributed by atoms with Crippen molar-refractivity contribution in [3.63, 3.8) is 0 Å². The van der Waals surface area contributed by atoms with E-state index in [0.29, 0.717) is 6.04 Å². The molecular formula is C30H32N8. The lowest BCUT2D eigenvalue weighted by atomic mass is 10.0. The third kappa shape index (κ3) is 4.95. The fraction of sp³-hybridized carbons (Fsp3) is 0.267. The first-order chi connectivity index (χ1) is 18.5. The third-order valence-corrected chi connectivity index (χ3v) is 7.17. The van der Waals surface area contributed by atoms with Crippen LogP contribution in [0.25, 0.3) is 33.5 Å². The highest BCUT2D eigenvalue weighted by Gasteiger charge is 2.19. The molecule has 0 unspecified atom stereocenters. The molecule has 1 aliphatic heterocycles. The first-order valence-electron chi connectivity index (χ1n) is 13.1. The van der Waals surface area contributed by atoms with E-state index >= 15 is 0 Å². The van der Waals surface area contributed by atoms with E-state index in [9.17, 15) is 0 Å². The van der Waals surface area contributed by atoms with Crippen LogP contribution in [0.3, 0.4) is 0 Å². The van der Waals surface area contributed by atoms with E-state index in [1.54, 1.807) is 6.33 Å². The molecule has 0 amide bonds. The van der Waals surface area contributed by atoms with Gasteiger partial charge in [0.25, 0.3) is 0 Å². The minimum atomic E-state index is 0.597. The molecule has 8 nitrogen and oxygen atoms in total. The molecule has 1 aliphatic rings. The van der Waals surface area contributed by atoms with Gasteiger partial charge in [0.15, 0.2) is 0 Å². The second kappa shape index (κ2) is 10.2. The van der Waals surface area contributed by atoms with Gasteiger partial charge in [-0.15, -0.1) is 0 Å². The van der Waals surface area contributed by atoms with Crippen molar-refractivity contribution in [3.8, 4) is 22.6 Å². The minimum Gasteiger partial charge on any atom is -0.368 e. The van der Waals surface area contributed by atoms with E-state index in [1.807, 2.05) is 49.6 Å². The highest BCUT2D eigenvalue weighted by molar-refractivity contribution is 5.88. The Morgan fingerprint density at radius 3 is 2.53 bits per heavy atom. The first kappa shape index (κ1) is 24.1. The van der Waals surface area contributed by atoms with Crippen molar-refractivity contribution in [2.24, 2.45) is 0 Å². The summed E-state index contributed by atoms with van der Waals surface area (Å²) in [6.45, 7) is 10.7. The molecule has 1 aromatic carbocycles. The average molecular weight is 505 g/mol. The van der Waals surface area contributed by atoms with Gasteiger partial charge in [-0.2, -0.15) is 0 Å². The molecule has 0 saturated carbocycles. The molecule has 0 radical (unpaired) electrons. The molecule has 38 heavy (non-hydrogen) atoms. The summed E-state index contributed by atoms with van der Waals surface area (Å²) in [5.74, 6) is 0.798. The van der Waals surface area contributed by atoms with Gasteiger partial charge in [0.2, 0.25) is 0 Å². The summed E-state index contributed by atoms with van der Waals surface area (Å²) in [7, 11) is 0. The SMILES string of the molecule is Cc1cccc(-c2[nH]cnc2-c2ccc3ncc(Nc4ccc(N5CCN(C(C)C)CC5)cn4)cc3c2)n1. The van der Waals surface area contributed by atoms with Gasteiger partial charge >= 0.3 is 0 Å². The molecule has 0 atom stereocenters. The average Bonchev–Trinajstić information content (AvgIpc) is 3.43. The number of pyridine rings is 3. The Morgan fingerprint density at radius 1 is 0.895 bits per heavy atom. The molecule has 0 aliphatic carbocycles. The number of hydrogen-bond donors (Lipinski definition) is 2. The molecule has 4 aromatic heterocycles. The second-order valence-corrected chi connectivity index (χ2v) is 10.1.